The number of ether oxygens (including phenoxy) is 1. The number of amides is 2. The lowest BCUT2D eigenvalue weighted by molar-refractivity contribution is -0.117. The molecule has 7 heteroatoms. The average Bonchev–Trinajstić information content (AvgIpc) is 2.82. The Morgan fingerprint density at radius 1 is 0.895 bits per heavy atom. The van der Waals surface area contributed by atoms with Gasteiger partial charge in [0, 0.05) is 37.0 Å². The van der Waals surface area contributed by atoms with Crippen LogP contribution in [0.3, 0.4) is 0 Å². The summed E-state index contributed by atoms with van der Waals surface area (Å²) < 4.78 is 5.47. The van der Waals surface area contributed by atoms with Gasteiger partial charge in [-0.25, -0.2) is 4.79 Å². The van der Waals surface area contributed by atoms with Crippen LogP contribution in [-0.4, -0.2) is 29.4 Å². The Morgan fingerprint density at radius 2 is 1.58 bits per heavy atom. The number of carbonyl (C=O) groups is 3. The summed E-state index contributed by atoms with van der Waals surface area (Å²) in [5.41, 5.74) is 5.37. The number of fused-ring (bicyclic) bond motifs is 1. The zero-order chi connectivity index (χ0) is 27.6. The van der Waals surface area contributed by atoms with Gasteiger partial charge in [-0.1, -0.05) is 18.2 Å². The topological polar surface area (TPSA) is 87.7 Å². The third-order valence-electron chi connectivity index (χ3n) is 6.40. The van der Waals surface area contributed by atoms with Gasteiger partial charge < -0.3 is 20.3 Å². The van der Waals surface area contributed by atoms with Crippen LogP contribution in [-0.2, 0) is 14.3 Å². The average molecular weight is 514 g/mol. The smallest absolute Gasteiger partial charge is 0.338 e. The summed E-state index contributed by atoms with van der Waals surface area (Å²) in [4.78, 5) is 38.4. The molecule has 0 saturated carbocycles. The molecule has 0 aromatic heterocycles. The maximum atomic E-state index is 12.6. The van der Waals surface area contributed by atoms with Gasteiger partial charge in [0.2, 0.25) is 11.8 Å². The largest absolute Gasteiger partial charge is 0.456 e. The van der Waals surface area contributed by atoms with E-state index < -0.39 is 5.60 Å². The van der Waals surface area contributed by atoms with Crippen LogP contribution < -0.4 is 15.5 Å². The van der Waals surface area contributed by atoms with Crippen LogP contribution in [0.5, 0.6) is 0 Å². The molecular weight excluding hydrogens is 478 g/mol. The molecule has 0 aliphatic carbocycles. The van der Waals surface area contributed by atoms with Crippen molar-refractivity contribution in [2.45, 2.75) is 65.6 Å². The van der Waals surface area contributed by atoms with Gasteiger partial charge in [0.15, 0.2) is 0 Å². The zero-order valence-corrected chi connectivity index (χ0v) is 22.8. The molecule has 7 nitrogen and oxygen atoms in total. The van der Waals surface area contributed by atoms with Gasteiger partial charge >= 0.3 is 5.97 Å². The predicted molar refractivity (Wildman–Crippen MR) is 151 cm³/mol. The second kappa shape index (κ2) is 10.7. The van der Waals surface area contributed by atoms with Crippen LogP contribution in [0.15, 0.2) is 66.7 Å². The maximum absolute atomic E-state index is 12.6. The lowest BCUT2D eigenvalue weighted by atomic mass is 9.88. The Balaban J connectivity index is 1.66. The first-order chi connectivity index (χ1) is 17.9. The first-order valence-electron chi connectivity index (χ1n) is 12.8. The van der Waals surface area contributed by atoms with Crippen molar-refractivity contribution < 1.29 is 19.1 Å². The lowest BCUT2D eigenvalue weighted by Gasteiger charge is -2.39. The molecule has 1 heterocycles. The summed E-state index contributed by atoms with van der Waals surface area (Å²) in [5.74, 6) is -0.483. The van der Waals surface area contributed by atoms with Crippen LogP contribution in [0.4, 0.5) is 17.1 Å². The fourth-order valence-electron chi connectivity index (χ4n) is 4.88. The van der Waals surface area contributed by atoms with Crippen LogP contribution in [0.1, 0.15) is 69.9 Å². The molecule has 0 bridgehead atoms. The van der Waals surface area contributed by atoms with Crippen LogP contribution in [0.25, 0.3) is 11.1 Å². The number of hydrogen-bond acceptors (Lipinski definition) is 5. The van der Waals surface area contributed by atoms with Gasteiger partial charge in [0.05, 0.1) is 11.6 Å². The fourth-order valence-corrected chi connectivity index (χ4v) is 4.88. The molecule has 0 saturated heterocycles. The molecule has 1 aliphatic rings. The van der Waals surface area contributed by atoms with E-state index in [0.29, 0.717) is 5.56 Å². The van der Waals surface area contributed by atoms with E-state index in [4.69, 9.17) is 4.74 Å². The van der Waals surface area contributed by atoms with Gasteiger partial charge in [0.1, 0.15) is 5.60 Å². The van der Waals surface area contributed by atoms with E-state index in [1.807, 2.05) is 74.2 Å². The van der Waals surface area contributed by atoms with Crippen molar-refractivity contribution in [1.82, 2.24) is 0 Å². The van der Waals surface area contributed by atoms with Crippen molar-refractivity contribution in [1.29, 1.82) is 0 Å². The Hall–Kier alpha value is -4.13. The summed E-state index contributed by atoms with van der Waals surface area (Å²) in [6.45, 7) is 10.7. The number of benzene rings is 3. The SMILES string of the molecule is CC(=O)Nc1cccc(-c2ccc3c(c2)[C@H](Nc2ccc(C(=O)OC(C)(C)C)cc2)C[C@H](C)N3C(C)=O)c1. The minimum atomic E-state index is -0.558. The first kappa shape index (κ1) is 26.9. The van der Waals surface area contributed by atoms with Gasteiger partial charge in [-0.2, -0.15) is 0 Å². The summed E-state index contributed by atoms with van der Waals surface area (Å²) in [7, 11) is 0. The number of anilines is 3. The highest BCUT2D eigenvalue weighted by Gasteiger charge is 2.32. The van der Waals surface area contributed by atoms with Crippen LogP contribution >= 0.6 is 0 Å². The zero-order valence-electron chi connectivity index (χ0n) is 22.8. The van der Waals surface area contributed by atoms with Crippen molar-refractivity contribution >= 4 is 34.8 Å². The molecule has 1 aliphatic heterocycles. The first-order valence-corrected chi connectivity index (χ1v) is 12.8. The highest BCUT2D eigenvalue weighted by atomic mass is 16.6. The quantitative estimate of drug-likeness (QED) is 0.377. The van der Waals surface area contributed by atoms with E-state index in [1.54, 1.807) is 19.1 Å². The molecule has 4 rings (SSSR count). The van der Waals surface area contributed by atoms with Crippen molar-refractivity contribution in [2.75, 3.05) is 15.5 Å². The molecule has 2 atom stereocenters. The van der Waals surface area contributed by atoms with E-state index in [9.17, 15) is 14.4 Å². The van der Waals surface area contributed by atoms with Crippen LogP contribution in [0.2, 0.25) is 0 Å². The number of nitrogens with one attached hydrogen (secondary N) is 2. The molecule has 198 valence electrons. The Morgan fingerprint density at radius 3 is 2.21 bits per heavy atom. The van der Waals surface area contributed by atoms with Crippen molar-refractivity contribution in [3.63, 3.8) is 0 Å². The number of rotatable bonds is 5. The summed E-state index contributed by atoms with van der Waals surface area (Å²) in [5, 5.41) is 6.44. The van der Waals surface area contributed by atoms with Crippen LogP contribution in [0, 0.1) is 0 Å². The molecule has 0 radical (unpaired) electrons. The van der Waals surface area contributed by atoms with Crippen molar-refractivity contribution in [3.05, 3.63) is 77.9 Å². The highest BCUT2D eigenvalue weighted by Crippen LogP contribution is 2.41. The van der Waals surface area contributed by atoms with E-state index >= 15 is 0 Å². The minimum absolute atomic E-state index is 0.000630. The summed E-state index contributed by atoms with van der Waals surface area (Å²) >= 11 is 0. The molecule has 38 heavy (non-hydrogen) atoms. The van der Waals surface area contributed by atoms with E-state index in [1.165, 1.54) is 6.92 Å². The third-order valence-corrected chi connectivity index (χ3v) is 6.40. The van der Waals surface area contributed by atoms with Crippen molar-refractivity contribution in [3.8, 4) is 11.1 Å². The lowest BCUT2D eigenvalue weighted by Crippen LogP contribution is -2.43. The van der Waals surface area contributed by atoms with Crippen molar-refractivity contribution in [2.24, 2.45) is 0 Å². The van der Waals surface area contributed by atoms with Gasteiger partial charge in [-0.05, 0) is 99.3 Å². The van der Waals surface area contributed by atoms with E-state index in [-0.39, 0.29) is 29.9 Å². The predicted octanol–water partition coefficient (Wildman–Crippen LogP) is 6.57. The summed E-state index contributed by atoms with van der Waals surface area (Å²) in [6.07, 6.45) is 0.718. The van der Waals surface area contributed by atoms with Gasteiger partial charge in [-0.15, -0.1) is 0 Å². The molecule has 3 aromatic rings. The minimum Gasteiger partial charge on any atom is -0.456 e. The second-order valence-corrected chi connectivity index (χ2v) is 10.8. The van der Waals surface area contributed by atoms with Gasteiger partial charge in [0.25, 0.3) is 0 Å². The maximum Gasteiger partial charge on any atom is 0.338 e. The second-order valence-electron chi connectivity index (χ2n) is 10.8. The molecule has 3 aromatic carbocycles. The van der Waals surface area contributed by atoms with Gasteiger partial charge in [-0.3, -0.25) is 9.59 Å². The molecule has 0 spiro atoms. The molecule has 0 unspecified atom stereocenters. The summed E-state index contributed by atoms with van der Waals surface area (Å²) in [6, 6.07) is 21.0. The number of esters is 1. The Bertz CT molecular complexity index is 1360. The fraction of sp³-hybridized carbons (Fsp3) is 0.323. The Labute approximate surface area is 224 Å². The molecular formula is C31H35N3O4. The third kappa shape index (κ3) is 6.22. The normalized spacial score (nSPS) is 16.8. The molecule has 2 N–H and O–H groups in total. The van der Waals surface area contributed by atoms with E-state index in [0.717, 1.165) is 40.2 Å². The number of carbonyl (C=O) groups excluding carboxylic acids is 3. The number of nitrogens with zero attached hydrogens (tertiary/aromatic N) is 1. The highest BCUT2D eigenvalue weighted by molar-refractivity contribution is 5.95. The monoisotopic (exact) mass is 513 g/mol. The van der Waals surface area contributed by atoms with E-state index in [2.05, 4.69) is 23.6 Å². The molecule has 2 amide bonds. The standard InChI is InChI=1S/C31H35N3O4/c1-19-16-28(33-25-13-10-22(11-14-25)30(37)38-31(4,5)6)27-18-24(12-15-29(27)34(19)21(3)36)23-8-7-9-26(17-23)32-20(2)35/h7-15,17-19,28,33H,16H2,1-6H3,(H,32,35)/t19-,28+/m0/s1. The molecule has 0 fully saturated rings. The Kier molecular flexibility index (Phi) is 7.58. The number of hydrogen-bond donors (Lipinski definition) is 2.